The average molecular weight is 327 g/mol. The number of carbonyl (C=O) groups excluding carboxylic acids is 1. The summed E-state index contributed by atoms with van der Waals surface area (Å²) in [5, 5.41) is 0. The molecule has 0 bridgehead atoms. The minimum Gasteiger partial charge on any atom is -0.494 e. The van der Waals surface area contributed by atoms with Crippen molar-refractivity contribution in [3.8, 4) is 5.75 Å². The van der Waals surface area contributed by atoms with Crippen molar-refractivity contribution in [1.29, 1.82) is 0 Å². The average Bonchev–Trinajstić information content (AvgIpc) is 2.51. The quantitative estimate of drug-likeness (QED) is 0.840. The SMILES string of the molecule is C/C=C/N(C(=O)C(F)(F)F)C1CCc2ccc(OCC)cc2C1. The maximum absolute atomic E-state index is 12.8. The number of hydrogen-bond donors (Lipinski definition) is 0. The summed E-state index contributed by atoms with van der Waals surface area (Å²) in [5.74, 6) is -1.11. The van der Waals surface area contributed by atoms with Crippen molar-refractivity contribution in [2.45, 2.75) is 45.3 Å². The van der Waals surface area contributed by atoms with Gasteiger partial charge in [0.2, 0.25) is 0 Å². The first-order chi connectivity index (χ1) is 10.9. The number of halogens is 3. The number of nitrogens with zero attached hydrogens (tertiary/aromatic N) is 1. The lowest BCUT2D eigenvalue weighted by Crippen LogP contribution is -2.46. The maximum atomic E-state index is 12.8. The molecule has 0 fully saturated rings. The fourth-order valence-electron chi connectivity index (χ4n) is 2.87. The molecule has 0 N–H and O–H groups in total. The van der Waals surface area contributed by atoms with Gasteiger partial charge in [0.05, 0.1) is 6.61 Å². The molecule has 126 valence electrons. The van der Waals surface area contributed by atoms with Crippen molar-refractivity contribution in [2.75, 3.05) is 6.61 Å². The van der Waals surface area contributed by atoms with Crippen molar-refractivity contribution >= 4 is 5.91 Å². The molecule has 2 rings (SSSR count). The van der Waals surface area contributed by atoms with E-state index >= 15 is 0 Å². The van der Waals surface area contributed by atoms with E-state index in [0.29, 0.717) is 31.6 Å². The molecule has 0 aromatic heterocycles. The highest BCUT2D eigenvalue weighted by atomic mass is 19.4. The molecule has 3 nitrogen and oxygen atoms in total. The van der Waals surface area contributed by atoms with Crippen LogP contribution in [0.2, 0.25) is 0 Å². The van der Waals surface area contributed by atoms with Gasteiger partial charge in [-0.2, -0.15) is 13.2 Å². The molecular weight excluding hydrogens is 307 g/mol. The van der Waals surface area contributed by atoms with Gasteiger partial charge in [-0.15, -0.1) is 0 Å². The molecule has 1 aliphatic rings. The molecule has 0 aliphatic heterocycles. The van der Waals surface area contributed by atoms with Gasteiger partial charge in [0.15, 0.2) is 0 Å². The number of hydrogen-bond acceptors (Lipinski definition) is 2. The second kappa shape index (κ2) is 7.06. The van der Waals surface area contributed by atoms with Crippen LogP contribution in [0, 0.1) is 0 Å². The smallest absolute Gasteiger partial charge is 0.471 e. The number of aryl methyl sites for hydroxylation is 1. The van der Waals surface area contributed by atoms with E-state index in [1.54, 1.807) is 6.92 Å². The molecule has 0 spiro atoms. The second-order valence-corrected chi connectivity index (χ2v) is 5.45. The number of fused-ring (bicyclic) bond motifs is 1. The van der Waals surface area contributed by atoms with E-state index < -0.39 is 18.1 Å². The standard InChI is InChI=1S/C17H20F3NO2/c1-3-9-21(16(22)17(18,19)20)14-7-5-12-6-8-15(23-4-2)11-13(12)10-14/h3,6,8-9,11,14H,4-5,7,10H2,1-2H3/b9-3+. The Kier molecular flexibility index (Phi) is 5.34. The summed E-state index contributed by atoms with van der Waals surface area (Å²) >= 11 is 0. The van der Waals surface area contributed by atoms with Crippen LogP contribution in [-0.2, 0) is 17.6 Å². The van der Waals surface area contributed by atoms with Crippen LogP contribution in [0.25, 0.3) is 0 Å². The lowest BCUT2D eigenvalue weighted by atomic mass is 9.87. The molecule has 0 saturated carbocycles. The Labute approximate surface area is 133 Å². The zero-order chi connectivity index (χ0) is 17.0. The number of rotatable bonds is 4. The molecule has 1 atom stereocenters. The van der Waals surface area contributed by atoms with Gasteiger partial charge in [0, 0.05) is 12.2 Å². The van der Waals surface area contributed by atoms with E-state index in [4.69, 9.17) is 4.74 Å². The lowest BCUT2D eigenvalue weighted by molar-refractivity contribution is -0.184. The summed E-state index contributed by atoms with van der Waals surface area (Å²) in [4.78, 5) is 12.5. The van der Waals surface area contributed by atoms with E-state index in [1.807, 2.05) is 25.1 Å². The molecule has 1 aromatic carbocycles. The van der Waals surface area contributed by atoms with Crippen molar-refractivity contribution in [1.82, 2.24) is 4.90 Å². The highest BCUT2D eigenvalue weighted by molar-refractivity contribution is 5.83. The Hall–Kier alpha value is -1.98. The predicted octanol–water partition coefficient (Wildman–Crippen LogP) is 3.87. The second-order valence-electron chi connectivity index (χ2n) is 5.45. The predicted molar refractivity (Wildman–Crippen MR) is 81.1 cm³/mol. The van der Waals surface area contributed by atoms with Crippen LogP contribution in [0.5, 0.6) is 5.75 Å². The first-order valence-electron chi connectivity index (χ1n) is 7.63. The van der Waals surface area contributed by atoms with Crippen LogP contribution in [0.1, 0.15) is 31.4 Å². The highest BCUT2D eigenvalue weighted by Gasteiger charge is 2.44. The van der Waals surface area contributed by atoms with E-state index in [2.05, 4.69) is 0 Å². The molecule has 6 heteroatoms. The number of alkyl halides is 3. The van der Waals surface area contributed by atoms with Gasteiger partial charge in [0.25, 0.3) is 0 Å². The summed E-state index contributed by atoms with van der Waals surface area (Å²) in [6.45, 7) is 4.00. The third kappa shape index (κ3) is 4.06. The molecule has 1 aromatic rings. The molecule has 0 heterocycles. The van der Waals surface area contributed by atoms with Crippen molar-refractivity contribution in [3.63, 3.8) is 0 Å². The fourth-order valence-corrected chi connectivity index (χ4v) is 2.87. The van der Waals surface area contributed by atoms with E-state index in [1.165, 1.54) is 12.3 Å². The van der Waals surface area contributed by atoms with E-state index in [9.17, 15) is 18.0 Å². The van der Waals surface area contributed by atoms with Crippen LogP contribution in [-0.4, -0.2) is 29.6 Å². The van der Waals surface area contributed by atoms with Crippen LogP contribution in [0.3, 0.4) is 0 Å². The van der Waals surface area contributed by atoms with Gasteiger partial charge < -0.3 is 9.64 Å². The van der Waals surface area contributed by atoms with Gasteiger partial charge >= 0.3 is 12.1 Å². The largest absolute Gasteiger partial charge is 0.494 e. The van der Waals surface area contributed by atoms with Gasteiger partial charge in [-0.05, 0) is 56.4 Å². The maximum Gasteiger partial charge on any atom is 0.471 e. The summed E-state index contributed by atoms with van der Waals surface area (Å²) in [7, 11) is 0. The third-order valence-electron chi connectivity index (χ3n) is 3.87. The Morgan fingerprint density at radius 1 is 1.39 bits per heavy atom. The minimum atomic E-state index is -4.87. The number of carbonyl (C=O) groups is 1. The van der Waals surface area contributed by atoms with Crippen molar-refractivity contribution < 1.29 is 22.7 Å². The molecule has 1 aliphatic carbocycles. The monoisotopic (exact) mass is 327 g/mol. The van der Waals surface area contributed by atoms with Gasteiger partial charge in [-0.3, -0.25) is 4.79 Å². The topological polar surface area (TPSA) is 29.5 Å². The fraction of sp³-hybridized carbons (Fsp3) is 0.471. The molecule has 1 unspecified atom stereocenters. The molecule has 0 radical (unpaired) electrons. The summed E-state index contributed by atoms with van der Waals surface area (Å²) in [5.41, 5.74) is 2.04. The summed E-state index contributed by atoms with van der Waals surface area (Å²) in [6.07, 6.45) is -0.651. The van der Waals surface area contributed by atoms with Crippen LogP contribution in [0.4, 0.5) is 13.2 Å². The Bertz CT molecular complexity index is 596. The third-order valence-corrected chi connectivity index (χ3v) is 3.87. The number of benzene rings is 1. The van der Waals surface area contributed by atoms with E-state index in [0.717, 1.165) is 16.0 Å². The summed E-state index contributed by atoms with van der Waals surface area (Å²) < 4.78 is 43.8. The molecular formula is C17H20F3NO2. The van der Waals surface area contributed by atoms with Crippen LogP contribution >= 0.6 is 0 Å². The van der Waals surface area contributed by atoms with Gasteiger partial charge in [-0.1, -0.05) is 12.1 Å². The Morgan fingerprint density at radius 2 is 2.13 bits per heavy atom. The number of ether oxygens (including phenoxy) is 1. The summed E-state index contributed by atoms with van der Waals surface area (Å²) in [6, 6.07) is 5.18. The van der Waals surface area contributed by atoms with Crippen LogP contribution < -0.4 is 4.74 Å². The van der Waals surface area contributed by atoms with Gasteiger partial charge in [0.1, 0.15) is 5.75 Å². The Balaban J connectivity index is 2.24. The molecule has 0 saturated heterocycles. The number of amides is 1. The normalized spacial score (nSPS) is 17.9. The van der Waals surface area contributed by atoms with Crippen molar-refractivity contribution in [2.24, 2.45) is 0 Å². The van der Waals surface area contributed by atoms with Gasteiger partial charge in [-0.25, -0.2) is 0 Å². The number of allylic oxidation sites excluding steroid dienone is 1. The zero-order valence-corrected chi connectivity index (χ0v) is 13.2. The van der Waals surface area contributed by atoms with Crippen molar-refractivity contribution in [3.05, 3.63) is 41.6 Å². The lowest BCUT2D eigenvalue weighted by Gasteiger charge is -2.33. The molecule has 1 amide bonds. The zero-order valence-electron chi connectivity index (χ0n) is 13.2. The Morgan fingerprint density at radius 3 is 2.74 bits per heavy atom. The highest BCUT2D eigenvalue weighted by Crippen LogP contribution is 2.30. The molecule has 23 heavy (non-hydrogen) atoms. The van der Waals surface area contributed by atoms with E-state index in [-0.39, 0.29) is 0 Å². The first-order valence-corrected chi connectivity index (χ1v) is 7.63. The minimum absolute atomic E-state index is 0.391. The first kappa shape index (κ1) is 17.4. The van der Waals surface area contributed by atoms with Crippen LogP contribution in [0.15, 0.2) is 30.5 Å².